The van der Waals surface area contributed by atoms with E-state index >= 15 is 0 Å². The van der Waals surface area contributed by atoms with Crippen molar-refractivity contribution in [3.05, 3.63) is 60.4 Å². The summed E-state index contributed by atoms with van der Waals surface area (Å²) in [6, 6.07) is 14.3. The van der Waals surface area contributed by atoms with E-state index in [0.29, 0.717) is 12.3 Å². The summed E-state index contributed by atoms with van der Waals surface area (Å²) in [5.74, 6) is 6.19. The third-order valence-corrected chi connectivity index (χ3v) is 5.72. The highest BCUT2D eigenvalue weighted by molar-refractivity contribution is 7.89. The molecule has 2 aromatic carbocycles. The highest BCUT2D eigenvalue weighted by Gasteiger charge is 2.29. The lowest BCUT2D eigenvalue weighted by atomic mass is 10.0. The summed E-state index contributed by atoms with van der Waals surface area (Å²) >= 11 is 0. The predicted molar refractivity (Wildman–Crippen MR) is 111 cm³/mol. The summed E-state index contributed by atoms with van der Waals surface area (Å²) in [5.41, 5.74) is 9.14. The van der Waals surface area contributed by atoms with Gasteiger partial charge in [0.1, 0.15) is 5.75 Å². The molecule has 2 aromatic rings. The van der Waals surface area contributed by atoms with Crippen LogP contribution in [0.25, 0.3) is 11.1 Å². The molecule has 27 heavy (non-hydrogen) atoms. The van der Waals surface area contributed by atoms with Gasteiger partial charge >= 0.3 is 0 Å². The standard InChI is InChI=1S/C19H26N4O3S.2H2/c1-4-26-16-9-5-14(6-10-16)15-7-11-17(12-8-15)27(24,25)23-19(2,3)18(13-20)22-21;;/h5-13,22-23H,4,20-21H2,1-3H3;2*1H/b18-13-;;. The van der Waals surface area contributed by atoms with Gasteiger partial charge in [-0.3, -0.25) is 5.84 Å². The molecule has 0 aliphatic heterocycles. The van der Waals surface area contributed by atoms with Crippen LogP contribution >= 0.6 is 0 Å². The Balaban J connectivity index is 0.00000392. The quantitative estimate of drug-likeness (QED) is 0.403. The van der Waals surface area contributed by atoms with Crippen molar-refractivity contribution in [3.63, 3.8) is 0 Å². The second-order valence-electron chi connectivity index (χ2n) is 6.44. The lowest BCUT2D eigenvalue weighted by Crippen LogP contribution is -2.50. The topological polar surface area (TPSA) is 119 Å². The smallest absolute Gasteiger partial charge is 0.241 e. The van der Waals surface area contributed by atoms with Crippen LogP contribution in [0, 0.1) is 0 Å². The molecule has 7 nitrogen and oxygen atoms in total. The van der Waals surface area contributed by atoms with Gasteiger partial charge in [0.05, 0.1) is 22.7 Å². The summed E-state index contributed by atoms with van der Waals surface area (Å²) in [5, 5.41) is 0. The average molecular weight is 395 g/mol. The molecular formula is C19H30N4O3S. The van der Waals surface area contributed by atoms with Crippen LogP contribution in [0.4, 0.5) is 0 Å². The van der Waals surface area contributed by atoms with Crippen LogP contribution < -0.4 is 26.5 Å². The van der Waals surface area contributed by atoms with E-state index in [1.807, 2.05) is 31.2 Å². The van der Waals surface area contributed by atoms with Gasteiger partial charge in [-0.25, -0.2) is 8.42 Å². The van der Waals surface area contributed by atoms with Crippen molar-refractivity contribution in [1.29, 1.82) is 0 Å². The molecule has 0 unspecified atom stereocenters. The van der Waals surface area contributed by atoms with Crippen molar-refractivity contribution in [1.82, 2.24) is 10.1 Å². The van der Waals surface area contributed by atoms with Gasteiger partial charge in [-0.2, -0.15) is 4.72 Å². The van der Waals surface area contributed by atoms with Crippen LogP contribution in [0.5, 0.6) is 5.75 Å². The predicted octanol–water partition coefficient (Wildman–Crippen LogP) is 2.56. The molecule has 0 bridgehead atoms. The van der Waals surface area contributed by atoms with Crippen molar-refractivity contribution in [2.24, 2.45) is 11.6 Å². The van der Waals surface area contributed by atoms with E-state index in [4.69, 9.17) is 16.3 Å². The molecule has 150 valence electrons. The normalized spacial score (nSPS) is 12.7. The average Bonchev–Trinajstić information content (AvgIpc) is 2.62. The molecule has 6 N–H and O–H groups in total. The minimum Gasteiger partial charge on any atom is -0.494 e. The molecule has 0 fully saturated rings. The highest BCUT2D eigenvalue weighted by Crippen LogP contribution is 2.25. The second kappa shape index (κ2) is 8.43. The first kappa shape index (κ1) is 20.8. The molecule has 0 saturated heterocycles. The Morgan fingerprint density at radius 3 is 2.07 bits per heavy atom. The van der Waals surface area contributed by atoms with E-state index in [2.05, 4.69) is 10.1 Å². The molecule has 0 heterocycles. The van der Waals surface area contributed by atoms with Crippen LogP contribution in [0.2, 0.25) is 0 Å². The maximum Gasteiger partial charge on any atom is 0.241 e. The summed E-state index contributed by atoms with van der Waals surface area (Å²) in [6.07, 6.45) is 1.23. The Kier molecular flexibility index (Phi) is 6.48. The first-order valence-corrected chi connectivity index (χ1v) is 9.98. The Morgan fingerprint density at radius 2 is 1.63 bits per heavy atom. The van der Waals surface area contributed by atoms with Gasteiger partial charge in [0.25, 0.3) is 0 Å². The fourth-order valence-corrected chi connectivity index (χ4v) is 4.02. The molecule has 0 aliphatic rings. The summed E-state index contributed by atoms with van der Waals surface area (Å²) in [4.78, 5) is 0.152. The largest absolute Gasteiger partial charge is 0.494 e. The molecule has 2 rings (SSSR count). The second-order valence-corrected chi connectivity index (χ2v) is 8.12. The van der Waals surface area contributed by atoms with Crippen molar-refractivity contribution in [3.8, 4) is 16.9 Å². The molecular weight excluding hydrogens is 364 g/mol. The van der Waals surface area contributed by atoms with E-state index in [-0.39, 0.29) is 7.75 Å². The summed E-state index contributed by atoms with van der Waals surface area (Å²) < 4.78 is 33.4. The summed E-state index contributed by atoms with van der Waals surface area (Å²) in [6.45, 7) is 5.86. The van der Waals surface area contributed by atoms with Gasteiger partial charge in [-0.1, -0.05) is 24.3 Å². The first-order chi connectivity index (χ1) is 12.7. The number of hydrogen-bond acceptors (Lipinski definition) is 6. The molecule has 0 radical (unpaired) electrons. The first-order valence-electron chi connectivity index (χ1n) is 8.49. The molecule has 0 atom stereocenters. The molecule has 8 heteroatoms. The Bertz CT molecular complexity index is 900. The van der Waals surface area contributed by atoms with Crippen LogP contribution in [0.1, 0.15) is 23.6 Å². The third-order valence-electron chi connectivity index (χ3n) is 4.05. The van der Waals surface area contributed by atoms with E-state index in [1.165, 1.54) is 6.20 Å². The van der Waals surface area contributed by atoms with Gasteiger partial charge in [0.2, 0.25) is 10.0 Å². The summed E-state index contributed by atoms with van der Waals surface area (Å²) in [7, 11) is -3.76. The molecule has 0 spiro atoms. The molecule has 0 aliphatic carbocycles. The van der Waals surface area contributed by atoms with Crippen molar-refractivity contribution < 1.29 is 16.0 Å². The number of nitrogens with one attached hydrogen (secondary N) is 2. The zero-order valence-electron chi connectivity index (χ0n) is 15.7. The van der Waals surface area contributed by atoms with E-state index in [0.717, 1.165) is 16.9 Å². The SMILES string of the molecule is CCOc1ccc(-c2ccc(S(=O)(=O)NC(C)(C)/C(=C/N)NN)cc2)cc1.[HH].[HH]. The van der Waals surface area contributed by atoms with Crippen molar-refractivity contribution >= 4 is 10.0 Å². The Morgan fingerprint density at radius 1 is 1.11 bits per heavy atom. The number of ether oxygens (including phenoxy) is 1. The monoisotopic (exact) mass is 394 g/mol. The maximum atomic E-state index is 12.7. The van der Waals surface area contributed by atoms with Crippen molar-refractivity contribution in [2.45, 2.75) is 31.2 Å². The third kappa shape index (κ3) is 5.00. The Labute approximate surface area is 163 Å². The van der Waals surface area contributed by atoms with E-state index < -0.39 is 15.6 Å². The zero-order chi connectivity index (χ0) is 20.1. The highest BCUT2D eigenvalue weighted by atomic mass is 32.2. The number of hydrazine groups is 1. The van der Waals surface area contributed by atoms with Crippen LogP contribution in [-0.4, -0.2) is 20.6 Å². The molecule has 0 saturated carbocycles. The van der Waals surface area contributed by atoms with E-state index in [9.17, 15) is 8.42 Å². The van der Waals surface area contributed by atoms with Crippen LogP contribution in [-0.2, 0) is 10.0 Å². The maximum absolute atomic E-state index is 12.7. The van der Waals surface area contributed by atoms with Crippen LogP contribution in [0.15, 0.2) is 65.3 Å². The van der Waals surface area contributed by atoms with Crippen molar-refractivity contribution in [2.75, 3.05) is 6.61 Å². The zero-order valence-corrected chi connectivity index (χ0v) is 16.5. The lowest BCUT2D eigenvalue weighted by molar-refractivity contribution is 0.340. The minimum absolute atomic E-state index is 0. The number of benzene rings is 2. The minimum atomic E-state index is -3.76. The fourth-order valence-electron chi connectivity index (χ4n) is 2.62. The lowest BCUT2D eigenvalue weighted by Gasteiger charge is -2.28. The van der Waals surface area contributed by atoms with E-state index in [1.54, 1.807) is 38.1 Å². The van der Waals surface area contributed by atoms with Gasteiger partial charge in [0.15, 0.2) is 0 Å². The van der Waals surface area contributed by atoms with Gasteiger partial charge in [-0.05, 0) is 56.2 Å². The van der Waals surface area contributed by atoms with Crippen LogP contribution in [0.3, 0.4) is 0 Å². The number of nitrogens with two attached hydrogens (primary N) is 2. The van der Waals surface area contributed by atoms with Gasteiger partial charge in [-0.15, -0.1) is 0 Å². The Hall–Kier alpha value is -2.55. The fraction of sp³-hybridized carbons (Fsp3) is 0.263. The van der Waals surface area contributed by atoms with Gasteiger partial charge in [0, 0.05) is 9.05 Å². The number of rotatable bonds is 8. The van der Waals surface area contributed by atoms with Gasteiger partial charge < -0.3 is 15.9 Å². The number of hydrogen-bond donors (Lipinski definition) is 4. The molecule has 0 aromatic heterocycles. The number of sulfonamides is 1. The molecule has 0 amide bonds.